The van der Waals surface area contributed by atoms with Crippen LogP contribution in [0.25, 0.3) is 11.0 Å². The predicted molar refractivity (Wildman–Crippen MR) is 134 cm³/mol. The summed E-state index contributed by atoms with van der Waals surface area (Å²) >= 11 is 1.76. The number of rotatable bonds is 10. The van der Waals surface area contributed by atoms with Gasteiger partial charge in [0.25, 0.3) is 0 Å². The summed E-state index contributed by atoms with van der Waals surface area (Å²) < 4.78 is 39.5. The molecule has 3 aliphatic rings. The van der Waals surface area contributed by atoms with E-state index in [-0.39, 0.29) is 35.6 Å². The number of carbonyl (C=O) groups excluding carboxylic acids is 1. The number of nitrogens with two attached hydrogens (primary N) is 1. The Hall–Kier alpha value is -2.70. The Morgan fingerprint density at radius 1 is 1.32 bits per heavy atom. The van der Waals surface area contributed by atoms with E-state index in [4.69, 9.17) is 14.7 Å². The van der Waals surface area contributed by atoms with Crippen molar-refractivity contribution in [3.63, 3.8) is 0 Å². The normalized spacial score (nSPS) is 31.5. The molecule has 0 aromatic carbocycles. The lowest BCUT2D eigenvalue weighted by Gasteiger charge is -2.17. The number of hydrogen-bond donors (Lipinski definition) is 5. The Morgan fingerprint density at radius 2 is 2.13 bits per heavy atom. The number of anilines is 1. The molecule has 3 saturated heterocycles. The van der Waals surface area contributed by atoms with E-state index in [9.17, 15) is 28.5 Å². The molecule has 17 heteroatoms. The van der Waals surface area contributed by atoms with Crippen LogP contribution in [0, 0.1) is 0 Å². The van der Waals surface area contributed by atoms with Gasteiger partial charge in [0.1, 0.15) is 23.8 Å². The van der Waals surface area contributed by atoms with E-state index < -0.39 is 47.3 Å². The molecule has 5 rings (SSSR count). The standard InChI is InChI=1S/C21H29N7O8S2/c22-19-16-11(5-6-23-19)28(9-24-16)20-18(31)17(30)12(36-20)7-35-38(33,34)27-14(29)4-2-1-3-13-15-10(8-37-13)25-21(32)26-15/h5-6,9-10,12-13,15,17-18,20,30-31H,1-4,7-8H2,(H2,22,23)(H,27,29)(H2,25,26,32)/p-1/t10-,12+,13-,15-,17+,18+,20+/m0/s1. The van der Waals surface area contributed by atoms with Crippen LogP contribution in [-0.2, 0) is 19.2 Å². The third kappa shape index (κ3) is 5.52. The smallest absolute Gasteiger partial charge is 0.380 e. The molecular formula is C21H28N7O8S2-. The van der Waals surface area contributed by atoms with Crippen LogP contribution in [0.1, 0.15) is 31.9 Å². The van der Waals surface area contributed by atoms with Crippen molar-refractivity contribution in [2.45, 2.75) is 67.6 Å². The Kier molecular flexibility index (Phi) is 7.65. The highest BCUT2D eigenvalue weighted by molar-refractivity contribution is 8.00. The van der Waals surface area contributed by atoms with Crippen LogP contribution in [-0.4, -0.2) is 93.1 Å². The molecule has 2 aromatic heterocycles. The molecule has 208 valence electrons. The van der Waals surface area contributed by atoms with Gasteiger partial charge in [0, 0.05) is 17.2 Å². The van der Waals surface area contributed by atoms with Crippen molar-refractivity contribution < 1.29 is 37.5 Å². The molecule has 0 unspecified atom stereocenters. The maximum absolute atomic E-state index is 12.2. The fourth-order valence-corrected chi connectivity index (χ4v) is 7.14. The first-order chi connectivity index (χ1) is 18.1. The first-order valence-corrected chi connectivity index (χ1v) is 14.5. The van der Waals surface area contributed by atoms with E-state index in [1.807, 2.05) is 0 Å². The summed E-state index contributed by atoms with van der Waals surface area (Å²) in [6.07, 6.45) is -0.577. The van der Waals surface area contributed by atoms with Gasteiger partial charge in [-0.15, -0.1) is 0 Å². The first kappa shape index (κ1) is 26.9. The summed E-state index contributed by atoms with van der Waals surface area (Å²) in [5.41, 5.74) is 6.68. The summed E-state index contributed by atoms with van der Waals surface area (Å²) in [5, 5.41) is 39.0. The molecule has 6 N–H and O–H groups in total. The fourth-order valence-electron chi connectivity index (χ4n) is 4.90. The number of ether oxygens (including phenoxy) is 1. The van der Waals surface area contributed by atoms with Crippen LogP contribution in [0.5, 0.6) is 0 Å². The van der Waals surface area contributed by atoms with Gasteiger partial charge < -0.3 is 41.0 Å². The number of hydrogen-bond acceptors (Lipinski definition) is 12. The number of nitrogens with zero attached hydrogens (tertiary/aromatic N) is 4. The summed E-state index contributed by atoms with van der Waals surface area (Å²) in [5.74, 6) is 0.164. The van der Waals surface area contributed by atoms with Crippen molar-refractivity contribution in [1.29, 1.82) is 0 Å². The zero-order chi connectivity index (χ0) is 27.0. The average molecular weight is 571 g/mol. The molecule has 0 spiro atoms. The van der Waals surface area contributed by atoms with E-state index in [2.05, 4.69) is 25.0 Å². The minimum absolute atomic E-state index is 0.0654. The highest BCUT2D eigenvalue weighted by atomic mass is 32.2. The Balaban J connectivity index is 1.10. The summed E-state index contributed by atoms with van der Waals surface area (Å²) in [7, 11) is -4.59. The number of thioether (sulfide) groups is 1. The van der Waals surface area contributed by atoms with Crippen molar-refractivity contribution in [2.24, 2.45) is 4.40 Å². The van der Waals surface area contributed by atoms with Gasteiger partial charge in [0.2, 0.25) is 0 Å². The number of imidazole rings is 1. The number of nitrogens with one attached hydrogen (secondary N) is 2. The van der Waals surface area contributed by atoms with E-state index in [0.29, 0.717) is 23.9 Å². The van der Waals surface area contributed by atoms with Crippen molar-refractivity contribution in [3.05, 3.63) is 18.6 Å². The zero-order valence-corrected chi connectivity index (χ0v) is 21.7. The molecule has 3 fully saturated rings. The molecule has 2 aromatic rings. The first-order valence-electron chi connectivity index (χ1n) is 12.1. The quantitative estimate of drug-likeness (QED) is 0.0940. The van der Waals surface area contributed by atoms with Gasteiger partial charge in [-0.1, -0.05) is 6.42 Å². The van der Waals surface area contributed by atoms with Crippen molar-refractivity contribution >= 4 is 50.8 Å². The Bertz CT molecular complexity index is 1320. The Morgan fingerprint density at radius 3 is 2.95 bits per heavy atom. The third-order valence-electron chi connectivity index (χ3n) is 6.79. The minimum atomic E-state index is -4.59. The van der Waals surface area contributed by atoms with Crippen molar-refractivity contribution in [3.8, 4) is 0 Å². The molecule has 0 radical (unpaired) electrons. The highest BCUT2D eigenvalue weighted by Gasteiger charge is 2.45. The van der Waals surface area contributed by atoms with Gasteiger partial charge >= 0.3 is 16.3 Å². The SMILES string of the molecule is Nc1nccc2c1ncn2[C@@H]1O[C@H](COS(=O)(=O)/N=C(\[O-])CCCC[C@@H]2SC[C@@H]3NC(=O)N[C@@H]32)[C@@H](O)[C@H]1O. The average Bonchev–Trinajstić information content (AvgIpc) is 3.61. The summed E-state index contributed by atoms with van der Waals surface area (Å²) in [6, 6.07) is 1.62. The third-order valence-corrected chi connectivity index (χ3v) is 9.16. The zero-order valence-electron chi connectivity index (χ0n) is 20.0. The number of nitrogen functional groups attached to an aromatic ring is 1. The number of amides is 2. The van der Waals surface area contributed by atoms with E-state index in [0.717, 1.165) is 12.2 Å². The van der Waals surface area contributed by atoms with Crippen LogP contribution in [0.4, 0.5) is 10.6 Å². The molecule has 15 nitrogen and oxygen atoms in total. The van der Waals surface area contributed by atoms with E-state index in [1.165, 1.54) is 17.1 Å². The molecular weight excluding hydrogens is 542 g/mol. The number of aliphatic hydroxyl groups excluding tert-OH is 2. The summed E-state index contributed by atoms with van der Waals surface area (Å²) in [6.45, 7) is -0.661. The van der Waals surface area contributed by atoms with Crippen molar-refractivity contribution in [1.82, 2.24) is 25.2 Å². The number of aromatic nitrogens is 3. The van der Waals surface area contributed by atoms with Gasteiger partial charge in [-0.05, 0) is 31.2 Å². The number of fused-ring (bicyclic) bond motifs is 2. The predicted octanol–water partition coefficient (Wildman–Crippen LogP) is -1.62. The number of pyridine rings is 1. The number of urea groups is 1. The van der Waals surface area contributed by atoms with Gasteiger partial charge in [0.15, 0.2) is 12.0 Å². The molecule has 0 aliphatic carbocycles. The van der Waals surface area contributed by atoms with E-state index >= 15 is 0 Å². The maximum Gasteiger partial charge on any atom is 0.380 e. The molecule has 0 bridgehead atoms. The summed E-state index contributed by atoms with van der Waals surface area (Å²) in [4.78, 5) is 19.5. The lowest BCUT2D eigenvalue weighted by molar-refractivity contribution is -0.218. The topological polar surface area (TPSA) is 226 Å². The highest BCUT2D eigenvalue weighted by Crippen LogP contribution is 2.34. The van der Waals surface area contributed by atoms with Crippen LogP contribution < -0.4 is 21.5 Å². The van der Waals surface area contributed by atoms with Gasteiger partial charge in [0.05, 0.1) is 30.5 Å². The van der Waals surface area contributed by atoms with Crippen LogP contribution in [0.2, 0.25) is 0 Å². The second-order valence-corrected chi connectivity index (χ2v) is 11.9. The number of aliphatic hydroxyl groups is 2. The lowest BCUT2D eigenvalue weighted by atomic mass is 10.0. The molecule has 5 heterocycles. The van der Waals surface area contributed by atoms with Gasteiger partial charge in [-0.3, -0.25) is 0 Å². The fraction of sp³-hybridized carbons (Fsp3) is 0.619. The molecule has 0 saturated carbocycles. The second kappa shape index (κ2) is 10.8. The van der Waals surface area contributed by atoms with Crippen LogP contribution in [0.15, 0.2) is 23.0 Å². The Labute approximate surface area is 222 Å². The minimum Gasteiger partial charge on any atom is -0.861 e. The van der Waals surface area contributed by atoms with Gasteiger partial charge in [-0.25, -0.2) is 18.9 Å². The molecule has 2 amide bonds. The second-order valence-electron chi connectivity index (χ2n) is 9.33. The van der Waals surface area contributed by atoms with Crippen LogP contribution >= 0.6 is 11.8 Å². The largest absolute Gasteiger partial charge is 0.861 e. The van der Waals surface area contributed by atoms with E-state index in [1.54, 1.807) is 17.8 Å². The number of unbranched alkanes of at least 4 members (excludes halogenated alkanes) is 1. The monoisotopic (exact) mass is 570 g/mol. The number of carbonyl (C=O) groups is 1. The lowest BCUT2D eigenvalue weighted by Crippen LogP contribution is -2.36. The molecule has 7 atom stereocenters. The van der Waals surface area contributed by atoms with Crippen molar-refractivity contribution in [2.75, 3.05) is 18.1 Å². The van der Waals surface area contributed by atoms with Gasteiger partial charge in [-0.2, -0.15) is 24.6 Å². The molecule has 3 aliphatic heterocycles. The molecule has 38 heavy (non-hydrogen) atoms. The maximum atomic E-state index is 12.2. The van der Waals surface area contributed by atoms with Crippen LogP contribution in [0.3, 0.4) is 0 Å².